The lowest BCUT2D eigenvalue weighted by Crippen LogP contribution is -2.30. The summed E-state index contributed by atoms with van der Waals surface area (Å²) < 4.78 is 46.1. The molecule has 0 saturated carbocycles. The van der Waals surface area contributed by atoms with E-state index in [2.05, 4.69) is 4.98 Å². The van der Waals surface area contributed by atoms with Crippen molar-refractivity contribution in [3.63, 3.8) is 0 Å². The number of thiazole rings is 1. The Labute approximate surface area is 172 Å². The molecule has 2 heterocycles. The van der Waals surface area contributed by atoms with E-state index in [1.54, 1.807) is 13.0 Å². The Balaban J connectivity index is 1.88. The lowest BCUT2D eigenvalue weighted by molar-refractivity contribution is -0.144. The zero-order valence-electron chi connectivity index (χ0n) is 15.6. The van der Waals surface area contributed by atoms with Crippen LogP contribution in [0.25, 0.3) is 10.2 Å². The summed E-state index contributed by atoms with van der Waals surface area (Å²) in [6.45, 7) is 3.71. The molecule has 0 spiro atoms. The Morgan fingerprint density at radius 1 is 1.17 bits per heavy atom. The molecule has 0 atom stereocenters. The van der Waals surface area contributed by atoms with E-state index in [0.717, 1.165) is 16.9 Å². The molecule has 0 fully saturated rings. The number of amides is 1. The highest BCUT2D eigenvalue weighted by Gasteiger charge is 2.23. The van der Waals surface area contributed by atoms with Gasteiger partial charge in [-0.15, -0.1) is 22.7 Å². The molecule has 0 aliphatic carbocycles. The first-order chi connectivity index (χ1) is 13.8. The second-order valence-corrected chi connectivity index (χ2v) is 8.16. The van der Waals surface area contributed by atoms with E-state index in [4.69, 9.17) is 4.74 Å². The summed E-state index contributed by atoms with van der Waals surface area (Å²) in [5.41, 5.74) is 0.542. The quantitative estimate of drug-likeness (QED) is 0.383. The molecular weight excluding hydrogens is 425 g/mol. The van der Waals surface area contributed by atoms with Crippen LogP contribution in [0, 0.1) is 24.4 Å². The van der Waals surface area contributed by atoms with Crippen LogP contribution in [0.5, 0.6) is 0 Å². The molecule has 0 bridgehead atoms. The molecule has 29 heavy (non-hydrogen) atoms. The summed E-state index contributed by atoms with van der Waals surface area (Å²) in [7, 11) is 0. The van der Waals surface area contributed by atoms with E-state index in [1.165, 1.54) is 16.2 Å². The Hall–Kier alpha value is -2.46. The minimum atomic E-state index is -1.32. The minimum Gasteiger partial charge on any atom is -0.466 e. The van der Waals surface area contributed by atoms with Gasteiger partial charge in [-0.1, -0.05) is 0 Å². The average molecular weight is 442 g/mol. The molecule has 10 heteroatoms. The molecule has 3 aromatic rings. The van der Waals surface area contributed by atoms with Crippen molar-refractivity contribution >= 4 is 49.8 Å². The number of halogens is 3. The van der Waals surface area contributed by atoms with Crippen molar-refractivity contribution in [1.29, 1.82) is 0 Å². The number of benzene rings is 1. The molecule has 1 aromatic carbocycles. The number of aryl methyl sites for hydroxylation is 1. The van der Waals surface area contributed by atoms with Gasteiger partial charge in [0.1, 0.15) is 16.3 Å². The van der Waals surface area contributed by atoms with Crippen LogP contribution in [0.2, 0.25) is 0 Å². The van der Waals surface area contributed by atoms with Gasteiger partial charge in [0.2, 0.25) is 5.91 Å². The predicted molar refractivity (Wildman–Crippen MR) is 106 cm³/mol. The molecule has 3 rings (SSSR count). The first kappa shape index (κ1) is 21.3. The van der Waals surface area contributed by atoms with Crippen molar-refractivity contribution in [2.24, 2.45) is 0 Å². The predicted octanol–water partition coefficient (Wildman–Crippen LogP) is 4.96. The van der Waals surface area contributed by atoms with E-state index < -0.39 is 28.9 Å². The topological polar surface area (TPSA) is 59.5 Å². The summed E-state index contributed by atoms with van der Waals surface area (Å²) in [5.74, 6) is -4.29. The van der Waals surface area contributed by atoms with Crippen LogP contribution < -0.4 is 4.90 Å². The molecule has 0 saturated heterocycles. The number of hydrogen-bond donors (Lipinski definition) is 0. The molecule has 1 amide bonds. The number of anilines is 1. The molecule has 154 valence electrons. The van der Waals surface area contributed by atoms with E-state index >= 15 is 0 Å². The maximum Gasteiger partial charge on any atom is 0.306 e. The first-order valence-corrected chi connectivity index (χ1v) is 10.4. The Bertz CT molecular complexity index is 1060. The minimum absolute atomic E-state index is 0.0541. The first-order valence-electron chi connectivity index (χ1n) is 8.74. The van der Waals surface area contributed by atoms with Crippen LogP contribution in [0.15, 0.2) is 17.5 Å². The van der Waals surface area contributed by atoms with Crippen LogP contribution in [-0.2, 0) is 20.9 Å². The van der Waals surface area contributed by atoms with Crippen molar-refractivity contribution in [2.75, 3.05) is 11.5 Å². The Morgan fingerprint density at radius 2 is 1.93 bits per heavy atom. The normalized spacial score (nSPS) is 11.1. The largest absolute Gasteiger partial charge is 0.466 e. The number of hydrogen-bond acceptors (Lipinski definition) is 6. The number of rotatable bonds is 7. The summed E-state index contributed by atoms with van der Waals surface area (Å²) in [6.07, 6.45) is -0.167. The van der Waals surface area contributed by atoms with Gasteiger partial charge in [-0.3, -0.25) is 14.5 Å². The summed E-state index contributed by atoms with van der Waals surface area (Å²) >= 11 is 2.18. The van der Waals surface area contributed by atoms with Crippen molar-refractivity contribution in [3.8, 4) is 0 Å². The van der Waals surface area contributed by atoms with Crippen molar-refractivity contribution in [1.82, 2.24) is 4.98 Å². The van der Waals surface area contributed by atoms with Gasteiger partial charge in [-0.05, 0) is 30.9 Å². The number of carbonyl (C=O) groups excluding carboxylic acids is 2. The second kappa shape index (κ2) is 8.91. The van der Waals surface area contributed by atoms with E-state index in [1.807, 2.05) is 12.3 Å². The zero-order chi connectivity index (χ0) is 21.1. The molecular formula is C19H17F3N2O3S2. The number of carbonyl (C=O) groups is 2. The molecule has 0 aliphatic heterocycles. The maximum atomic E-state index is 14.0. The highest BCUT2D eigenvalue weighted by Crippen LogP contribution is 2.32. The molecule has 2 aromatic heterocycles. The number of fused-ring (bicyclic) bond motifs is 1. The fraction of sp³-hybridized carbons (Fsp3) is 0.316. The lowest BCUT2D eigenvalue weighted by Gasteiger charge is -2.19. The number of ether oxygens (including phenoxy) is 1. The summed E-state index contributed by atoms with van der Waals surface area (Å²) in [4.78, 5) is 29.7. The SMILES string of the molecule is CCOC(=O)CCC(=O)N(Cc1nc2c(F)c(F)cc(F)c2s1)c1cc(C)cs1. The average Bonchev–Trinajstić information content (AvgIpc) is 3.29. The standard InChI is InChI=1S/C19H17F3N2O3S2/c1-3-27-16(26)5-4-14(25)24(15-6-10(2)9-28-15)8-13-23-18-17(22)11(20)7-12(21)19(18)29-13/h6-7,9H,3-5,8H2,1-2H3. The van der Waals surface area contributed by atoms with Crippen molar-refractivity contribution in [3.05, 3.63) is 45.5 Å². The fourth-order valence-electron chi connectivity index (χ4n) is 2.66. The smallest absolute Gasteiger partial charge is 0.306 e. The van der Waals surface area contributed by atoms with E-state index in [0.29, 0.717) is 11.1 Å². The van der Waals surface area contributed by atoms with Crippen LogP contribution in [-0.4, -0.2) is 23.5 Å². The van der Waals surface area contributed by atoms with Gasteiger partial charge in [-0.2, -0.15) is 0 Å². The van der Waals surface area contributed by atoms with Gasteiger partial charge in [0, 0.05) is 12.5 Å². The monoisotopic (exact) mass is 442 g/mol. The van der Waals surface area contributed by atoms with Gasteiger partial charge in [0.15, 0.2) is 11.6 Å². The maximum absolute atomic E-state index is 14.0. The Morgan fingerprint density at radius 3 is 2.59 bits per heavy atom. The third-order valence-electron chi connectivity index (χ3n) is 3.98. The summed E-state index contributed by atoms with van der Waals surface area (Å²) in [5, 5.41) is 2.72. The second-order valence-electron chi connectivity index (χ2n) is 6.19. The third-order valence-corrected chi connectivity index (χ3v) is 6.10. The van der Waals surface area contributed by atoms with E-state index in [9.17, 15) is 22.8 Å². The van der Waals surface area contributed by atoms with Crippen LogP contribution in [0.1, 0.15) is 30.3 Å². The lowest BCUT2D eigenvalue weighted by atomic mass is 10.2. The zero-order valence-corrected chi connectivity index (χ0v) is 17.3. The van der Waals surface area contributed by atoms with Crippen LogP contribution >= 0.6 is 22.7 Å². The molecule has 0 unspecified atom stereocenters. The van der Waals surface area contributed by atoms with E-state index in [-0.39, 0.29) is 41.6 Å². The Kier molecular flexibility index (Phi) is 6.53. The van der Waals surface area contributed by atoms with Crippen LogP contribution in [0.4, 0.5) is 18.2 Å². The number of aromatic nitrogens is 1. The van der Waals surface area contributed by atoms with Crippen molar-refractivity contribution in [2.45, 2.75) is 33.2 Å². The van der Waals surface area contributed by atoms with Gasteiger partial charge >= 0.3 is 5.97 Å². The summed E-state index contributed by atoms with van der Waals surface area (Å²) in [6, 6.07) is 2.27. The van der Waals surface area contributed by atoms with Gasteiger partial charge in [0.05, 0.1) is 29.3 Å². The van der Waals surface area contributed by atoms with Crippen LogP contribution in [0.3, 0.4) is 0 Å². The number of esters is 1. The molecule has 5 nitrogen and oxygen atoms in total. The third kappa shape index (κ3) is 4.76. The van der Waals surface area contributed by atoms with Crippen molar-refractivity contribution < 1.29 is 27.5 Å². The number of thiophene rings is 1. The van der Waals surface area contributed by atoms with Gasteiger partial charge < -0.3 is 4.74 Å². The molecule has 0 radical (unpaired) electrons. The number of nitrogens with zero attached hydrogens (tertiary/aromatic N) is 2. The highest BCUT2D eigenvalue weighted by atomic mass is 32.1. The fourth-order valence-corrected chi connectivity index (χ4v) is 4.53. The van der Waals surface area contributed by atoms with Gasteiger partial charge in [0.25, 0.3) is 0 Å². The molecule has 0 aliphatic rings. The molecule has 0 N–H and O–H groups in total. The van der Waals surface area contributed by atoms with Gasteiger partial charge in [-0.25, -0.2) is 18.2 Å². The highest BCUT2D eigenvalue weighted by molar-refractivity contribution is 7.18.